The molecular formula is C29H27Cl2N3O6S. The van der Waals surface area contributed by atoms with Gasteiger partial charge in [0.25, 0.3) is 5.91 Å². The summed E-state index contributed by atoms with van der Waals surface area (Å²) in [6.07, 6.45) is 4.29. The van der Waals surface area contributed by atoms with Crippen LogP contribution in [0.3, 0.4) is 0 Å². The quantitative estimate of drug-likeness (QED) is 0.339. The van der Waals surface area contributed by atoms with Crippen LogP contribution in [-0.2, 0) is 26.2 Å². The predicted molar refractivity (Wildman–Crippen MR) is 152 cm³/mol. The number of nitrogens with one attached hydrogen (secondary N) is 1. The average Bonchev–Trinajstić information content (AvgIpc) is 3.87. The van der Waals surface area contributed by atoms with Crippen molar-refractivity contribution in [3.05, 3.63) is 69.4 Å². The van der Waals surface area contributed by atoms with Crippen LogP contribution < -0.4 is 9.62 Å². The molecule has 2 amide bonds. The van der Waals surface area contributed by atoms with Crippen LogP contribution in [0.1, 0.15) is 66.1 Å². The number of carbonyl (C=O) groups excluding carboxylic acids is 2. The van der Waals surface area contributed by atoms with Gasteiger partial charge in [-0.15, -0.1) is 0 Å². The highest BCUT2D eigenvalue weighted by atomic mass is 35.5. The van der Waals surface area contributed by atoms with Gasteiger partial charge in [0, 0.05) is 34.3 Å². The highest BCUT2D eigenvalue weighted by molar-refractivity contribution is 7.91. The van der Waals surface area contributed by atoms with Crippen molar-refractivity contribution in [2.45, 2.75) is 68.4 Å². The lowest BCUT2D eigenvalue weighted by atomic mass is 10.0. The monoisotopic (exact) mass is 615 g/mol. The number of nitrogens with zero attached hydrogens (tertiary/aromatic N) is 2. The second-order valence-corrected chi connectivity index (χ2v) is 14.0. The molecule has 12 heteroatoms. The van der Waals surface area contributed by atoms with E-state index < -0.39 is 21.2 Å². The number of carbonyl (C=O) groups is 2. The number of ether oxygens (including phenoxy) is 1. The van der Waals surface area contributed by atoms with Gasteiger partial charge in [0.2, 0.25) is 15.9 Å². The van der Waals surface area contributed by atoms with E-state index in [0.29, 0.717) is 58.6 Å². The Balaban J connectivity index is 1.04. The van der Waals surface area contributed by atoms with Crippen LogP contribution in [0.5, 0.6) is 0 Å². The summed E-state index contributed by atoms with van der Waals surface area (Å²) < 4.78 is 38.5. The van der Waals surface area contributed by atoms with Gasteiger partial charge >= 0.3 is 0 Å². The van der Waals surface area contributed by atoms with Gasteiger partial charge in [0.1, 0.15) is 11.5 Å². The van der Waals surface area contributed by atoms with E-state index in [-0.39, 0.29) is 36.1 Å². The van der Waals surface area contributed by atoms with Crippen molar-refractivity contribution < 1.29 is 27.3 Å². The number of hydrogen-bond donors (Lipinski definition) is 1. The van der Waals surface area contributed by atoms with Crippen LogP contribution in [0.2, 0.25) is 10.0 Å². The number of sulfonamides is 1. The highest BCUT2D eigenvalue weighted by Gasteiger charge is 2.52. The van der Waals surface area contributed by atoms with Gasteiger partial charge in [0.15, 0.2) is 0 Å². The number of fused-ring (bicyclic) bond motifs is 2. The molecule has 3 aromatic rings. The maximum atomic E-state index is 13.4. The first-order valence-corrected chi connectivity index (χ1v) is 16.0. The fourth-order valence-corrected chi connectivity index (χ4v) is 7.86. The zero-order valence-corrected chi connectivity index (χ0v) is 24.2. The predicted octanol–water partition coefficient (Wildman–Crippen LogP) is 5.46. The molecule has 4 aliphatic rings. The largest absolute Gasteiger partial charge is 0.372 e. The number of aromatic nitrogens is 1. The van der Waals surface area contributed by atoms with E-state index >= 15 is 0 Å². The summed E-state index contributed by atoms with van der Waals surface area (Å²) in [6.45, 7) is 0.237. The number of halogens is 2. The van der Waals surface area contributed by atoms with Crippen LogP contribution >= 0.6 is 23.2 Å². The Bertz CT molecular complexity index is 1630. The van der Waals surface area contributed by atoms with Crippen LogP contribution in [-0.4, -0.2) is 42.8 Å². The van der Waals surface area contributed by atoms with Crippen LogP contribution in [0.4, 0.5) is 5.69 Å². The highest BCUT2D eigenvalue weighted by Crippen LogP contribution is 2.47. The summed E-state index contributed by atoms with van der Waals surface area (Å²) in [4.78, 5) is 27.6. The molecule has 2 bridgehead atoms. The van der Waals surface area contributed by atoms with Crippen molar-refractivity contribution in [1.29, 1.82) is 0 Å². The maximum absolute atomic E-state index is 13.4. The van der Waals surface area contributed by atoms with E-state index in [0.717, 1.165) is 24.2 Å². The lowest BCUT2D eigenvalue weighted by Crippen LogP contribution is -2.43. The SMILES string of the molecule is O=C(NS(=O)(=O)C1CC1)c1ccc(N2C(=O)[C@@H]3C[C@H]2C[C@H]3OCc2c(-c3c(Cl)cccc3Cl)noc2C2CC2)cc1. The molecule has 2 heterocycles. The first-order valence-electron chi connectivity index (χ1n) is 13.7. The van der Waals surface area contributed by atoms with E-state index in [4.69, 9.17) is 32.5 Å². The molecule has 1 saturated heterocycles. The Morgan fingerprint density at radius 1 is 1.05 bits per heavy atom. The Morgan fingerprint density at radius 3 is 2.39 bits per heavy atom. The molecule has 3 aliphatic carbocycles. The molecular weight excluding hydrogens is 589 g/mol. The minimum absolute atomic E-state index is 0.0260. The molecule has 1 aliphatic heterocycles. The van der Waals surface area contributed by atoms with Gasteiger partial charge in [-0.1, -0.05) is 34.4 Å². The Morgan fingerprint density at radius 2 is 1.76 bits per heavy atom. The zero-order valence-electron chi connectivity index (χ0n) is 21.9. The van der Waals surface area contributed by atoms with E-state index in [9.17, 15) is 18.0 Å². The molecule has 1 N–H and O–H groups in total. The molecule has 9 nitrogen and oxygen atoms in total. The number of hydrogen-bond acceptors (Lipinski definition) is 7. The normalized spacial score (nSPS) is 23.8. The summed E-state index contributed by atoms with van der Waals surface area (Å²) in [7, 11) is -3.63. The van der Waals surface area contributed by atoms with Crippen molar-refractivity contribution in [3.63, 3.8) is 0 Å². The molecule has 3 saturated carbocycles. The minimum atomic E-state index is -3.63. The van der Waals surface area contributed by atoms with Crippen molar-refractivity contribution in [1.82, 2.24) is 9.88 Å². The fourth-order valence-electron chi connectivity index (χ4n) is 5.99. The zero-order chi connectivity index (χ0) is 28.5. The average molecular weight is 617 g/mol. The number of anilines is 1. The molecule has 41 heavy (non-hydrogen) atoms. The Labute approximate surface area is 247 Å². The maximum Gasteiger partial charge on any atom is 0.264 e. The summed E-state index contributed by atoms with van der Waals surface area (Å²) in [6, 6.07) is 11.7. The minimum Gasteiger partial charge on any atom is -0.372 e. The second-order valence-electron chi connectivity index (χ2n) is 11.3. The van der Waals surface area contributed by atoms with Gasteiger partial charge in [0.05, 0.1) is 33.9 Å². The first kappa shape index (κ1) is 26.9. The third-order valence-electron chi connectivity index (χ3n) is 8.41. The molecule has 4 fully saturated rings. The molecule has 2 aromatic carbocycles. The lowest BCUT2D eigenvalue weighted by Gasteiger charge is -2.31. The van der Waals surface area contributed by atoms with E-state index in [1.54, 1.807) is 47.4 Å². The first-order chi connectivity index (χ1) is 19.7. The van der Waals surface area contributed by atoms with Crippen molar-refractivity contribution in [3.8, 4) is 11.3 Å². The van der Waals surface area contributed by atoms with Crippen LogP contribution in [0, 0.1) is 5.92 Å². The topological polar surface area (TPSA) is 119 Å². The molecule has 0 radical (unpaired) electrons. The smallest absolute Gasteiger partial charge is 0.264 e. The summed E-state index contributed by atoms with van der Waals surface area (Å²) >= 11 is 13.0. The molecule has 1 aromatic heterocycles. The Kier molecular flexibility index (Phi) is 6.65. The lowest BCUT2D eigenvalue weighted by molar-refractivity contribution is -0.126. The second kappa shape index (κ2) is 10.1. The third kappa shape index (κ3) is 4.94. The van der Waals surface area contributed by atoms with Gasteiger partial charge in [-0.25, -0.2) is 13.1 Å². The van der Waals surface area contributed by atoms with E-state index in [1.807, 2.05) is 0 Å². The van der Waals surface area contributed by atoms with Crippen LogP contribution in [0.15, 0.2) is 47.0 Å². The third-order valence-corrected chi connectivity index (χ3v) is 10.9. The van der Waals surface area contributed by atoms with Crippen LogP contribution in [0.25, 0.3) is 11.3 Å². The van der Waals surface area contributed by atoms with Crippen molar-refractivity contribution in [2.75, 3.05) is 4.90 Å². The summed E-state index contributed by atoms with van der Waals surface area (Å²) in [5.74, 6) is 0.112. The van der Waals surface area contributed by atoms with E-state index in [2.05, 4.69) is 9.88 Å². The summed E-state index contributed by atoms with van der Waals surface area (Å²) in [5, 5.41) is 4.80. The van der Waals surface area contributed by atoms with Gasteiger partial charge in [-0.2, -0.15) is 0 Å². The Hall–Kier alpha value is -2.92. The van der Waals surface area contributed by atoms with Crippen molar-refractivity contribution >= 4 is 50.7 Å². The number of benzene rings is 2. The molecule has 3 atom stereocenters. The molecule has 0 spiro atoms. The number of rotatable bonds is 9. The fraction of sp³-hybridized carbons (Fsp3) is 0.414. The molecule has 0 unspecified atom stereocenters. The number of amides is 2. The van der Waals surface area contributed by atoms with E-state index in [1.165, 1.54) is 0 Å². The standard InChI is InChI=1S/C29H27Cl2N3O6S/c30-22-2-1-3-23(31)25(22)26-21(27(40-32-26)15-4-5-15)14-39-24-13-18-12-20(24)29(36)34(18)17-8-6-16(7-9-17)28(35)33-41(37,38)19-10-11-19/h1-3,6-9,15,18-20,24H,4-5,10-14H2,(H,33,35)/t18-,20+,24+/m0/s1. The number of piperidine rings is 1. The summed E-state index contributed by atoms with van der Waals surface area (Å²) in [5.41, 5.74) is 2.92. The molecule has 214 valence electrons. The van der Waals surface area contributed by atoms with Gasteiger partial charge in [-0.3, -0.25) is 9.59 Å². The van der Waals surface area contributed by atoms with Gasteiger partial charge < -0.3 is 14.2 Å². The van der Waals surface area contributed by atoms with Gasteiger partial charge in [-0.05, 0) is 74.9 Å². The van der Waals surface area contributed by atoms with Crippen molar-refractivity contribution in [2.24, 2.45) is 5.92 Å². The molecule has 7 rings (SSSR count).